The highest BCUT2D eigenvalue weighted by atomic mass is 16.6. The van der Waals surface area contributed by atoms with E-state index in [1.165, 1.54) is 0 Å². The Morgan fingerprint density at radius 3 is 2.91 bits per heavy atom. The molecule has 1 aromatic carbocycles. The van der Waals surface area contributed by atoms with Gasteiger partial charge in [0.05, 0.1) is 0 Å². The summed E-state index contributed by atoms with van der Waals surface area (Å²) in [7, 11) is 0. The Hall–Kier alpha value is -2.04. The van der Waals surface area contributed by atoms with Crippen molar-refractivity contribution in [1.29, 1.82) is 0 Å². The Balaban J connectivity index is 1.82. The first-order valence-corrected chi connectivity index (χ1v) is 7.64. The summed E-state index contributed by atoms with van der Waals surface area (Å²) >= 11 is 0. The lowest BCUT2D eigenvalue weighted by Gasteiger charge is -2.21. The zero-order valence-electron chi connectivity index (χ0n) is 13.5. The van der Waals surface area contributed by atoms with Crippen LogP contribution in [0.4, 0.5) is 10.5 Å². The maximum Gasteiger partial charge on any atom is 0.407 e. The predicted octanol–water partition coefficient (Wildman–Crippen LogP) is 2.85. The van der Waals surface area contributed by atoms with Crippen LogP contribution in [-0.4, -0.2) is 37.6 Å². The van der Waals surface area contributed by atoms with Crippen molar-refractivity contribution in [2.75, 3.05) is 24.5 Å². The maximum absolute atomic E-state index is 11.7. The summed E-state index contributed by atoms with van der Waals surface area (Å²) < 4.78 is 5.24. The van der Waals surface area contributed by atoms with Crippen LogP contribution in [0.25, 0.3) is 0 Å². The number of alkyl carbamates (subject to hydrolysis) is 1. The number of nitrogens with zero attached hydrogens (tertiary/aromatic N) is 1. The minimum absolute atomic E-state index is 0.367. The van der Waals surface area contributed by atoms with Crippen LogP contribution in [0.15, 0.2) is 24.3 Å². The number of aldehydes is 1. The standard InChI is InChI=1S/C17H24N2O3/c1-17(2,3)22-16(21)18-10-14-7-8-19(11-14)15-6-4-5-13(9-15)12-20/h4-6,9,12,14H,7-8,10-11H2,1-3H3,(H,18,21). The number of nitrogens with one attached hydrogen (secondary N) is 1. The van der Waals surface area contributed by atoms with Gasteiger partial charge in [0.2, 0.25) is 0 Å². The van der Waals surface area contributed by atoms with Crippen LogP contribution in [0, 0.1) is 5.92 Å². The second kappa shape index (κ2) is 6.81. The molecule has 0 aromatic heterocycles. The van der Waals surface area contributed by atoms with Crippen LogP contribution in [-0.2, 0) is 4.74 Å². The summed E-state index contributed by atoms with van der Waals surface area (Å²) in [5.74, 6) is 0.396. The summed E-state index contributed by atoms with van der Waals surface area (Å²) in [6.45, 7) is 7.97. The normalized spacial score (nSPS) is 18.1. The molecule has 1 saturated heterocycles. The third-order valence-corrected chi connectivity index (χ3v) is 3.59. The molecule has 1 atom stereocenters. The van der Waals surface area contributed by atoms with Gasteiger partial charge in [-0.1, -0.05) is 12.1 Å². The van der Waals surface area contributed by atoms with Gasteiger partial charge < -0.3 is 15.0 Å². The third kappa shape index (κ3) is 4.76. The smallest absolute Gasteiger partial charge is 0.407 e. The van der Waals surface area contributed by atoms with Crippen molar-refractivity contribution >= 4 is 18.1 Å². The van der Waals surface area contributed by atoms with Crippen LogP contribution in [0.1, 0.15) is 37.6 Å². The molecule has 120 valence electrons. The average molecular weight is 304 g/mol. The fourth-order valence-electron chi connectivity index (χ4n) is 2.57. The molecule has 1 aliphatic rings. The van der Waals surface area contributed by atoms with Crippen LogP contribution >= 0.6 is 0 Å². The van der Waals surface area contributed by atoms with Gasteiger partial charge in [-0.05, 0) is 45.2 Å². The number of rotatable bonds is 4. The Bertz CT molecular complexity index is 537. The lowest BCUT2D eigenvalue weighted by molar-refractivity contribution is 0.0520. The van der Waals surface area contributed by atoms with E-state index in [1.54, 1.807) is 6.07 Å². The molecular formula is C17H24N2O3. The van der Waals surface area contributed by atoms with E-state index in [9.17, 15) is 9.59 Å². The quantitative estimate of drug-likeness (QED) is 0.869. The van der Waals surface area contributed by atoms with E-state index < -0.39 is 5.60 Å². The largest absolute Gasteiger partial charge is 0.444 e. The molecule has 1 aliphatic heterocycles. The van der Waals surface area contributed by atoms with Crippen molar-refractivity contribution in [3.8, 4) is 0 Å². The highest BCUT2D eigenvalue weighted by Crippen LogP contribution is 2.24. The van der Waals surface area contributed by atoms with Gasteiger partial charge in [-0.3, -0.25) is 4.79 Å². The molecular weight excluding hydrogens is 280 g/mol. The van der Waals surface area contributed by atoms with Crippen LogP contribution in [0.3, 0.4) is 0 Å². The van der Waals surface area contributed by atoms with E-state index in [-0.39, 0.29) is 6.09 Å². The Kier molecular flexibility index (Phi) is 5.06. The second-order valence-corrected chi connectivity index (χ2v) is 6.70. The number of hydrogen-bond donors (Lipinski definition) is 1. The molecule has 0 aliphatic carbocycles. The molecule has 0 saturated carbocycles. The Morgan fingerprint density at radius 1 is 1.45 bits per heavy atom. The van der Waals surface area contributed by atoms with Crippen molar-refractivity contribution in [1.82, 2.24) is 5.32 Å². The van der Waals surface area contributed by atoms with E-state index >= 15 is 0 Å². The van der Waals surface area contributed by atoms with Gasteiger partial charge in [-0.15, -0.1) is 0 Å². The zero-order valence-corrected chi connectivity index (χ0v) is 13.5. The van der Waals surface area contributed by atoms with Crippen LogP contribution in [0.2, 0.25) is 0 Å². The monoisotopic (exact) mass is 304 g/mol. The average Bonchev–Trinajstić information content (AvgIpc) is 2.92. The van der Waals surface area contributed by atoms with Crippen molar-refractivity contribution in [3.05, 3.63) is 29.8 Å². The van der Waals surface area contributed by atoms with Gasteiger partial charge in [0.15, 0.2) is 0 Å². The first-order chi connectivity index (χ1) is 10.4. The molecule has 1 N–H and O–H groups in total. The number of anilines is 1. The third-order valence-electron chi connectivity index (χ3n) is 3.59. The molecule has 1 aromatic rings. The SMILES string of the molecule is CC(C)(C)OC(=O)NCC1CCN(c2cccc(C=O)c2)C1. The zero-order chi connectivity index (χ0) is 16.2. The summed E-state index contributed by atoms with van der Waals surface area (Å²) in [5, 5.41) is 2.83. The maximum atomic E-state index is 11.7. The molecule has 1 heterocycles. The molecule has 2 rings (SSSR count). The van der Waals surface area contributed by atoms with E-state index in [0.29, 0.717) is 18.0 Å². The number of carbonyl (C=O) groups is 2. The molecule has 1 amide bonds. The van der Waals surface area contributed by atoms with E-state index in [2.05, 4.69) is 10.2 Å². The highest BCUT2D eigenvalue weighted by molar-refractivity contribution is 5.77. The summed E-state index contributed by atoms with van der Waals surface area (Å²) in [5.41, 5.74) is 1.28. The number of amides is 1. The Labute approximate surface area is 131 Å². The highest BCUT2D eigenvalue weighted by Gasteiger charge is 2.24. The minimum Gasteiger partial charge on any atom is -0.444 e. The fourth-order valence-corrected chi connectivity index (χ4v) is 2.57. The molecule has 0 bridgehead atoms. The number of carbonyl (C=O) groups excluding carboxylic acids is 2. The molecule has 1 unspecified atom stereocenters. The van der Waals surface area contributed by atoms with Gasteiger partial charge in [0.1, 0.15) is 11.9 Å². The van der Waals surface area contributed by atoms with Gasteiger partial charge in [0.25, 0.3) is 0 Å². The first-order valence-electron chi connectivity index (χ1n) is 7.64. The lowest BCUT2D eigenvalue weighted by Crippen LogP contribution is -2.36. The lowest BCUT2D eigenvalue weighted by atomic mass is 10.1. The van der Waals surface area contributed by atoms with E-state index in [0.717, 1.165) is 31.5 Å². The summed E-state index contributed by atoms with van der Waals surface area (Å²) in [6.07, 6.45) is 1.51. The molecule has 1 fully saturated rings. The van der Waals surface area contributed by atoms with Gasteiger partial charge in [0, 0.05) is 30.9 Å². The molecule has 0 spiro atoms. The van der Waals surface area contributed by atoms with Crippen molar-refractivity contribution in [3.63, 3.8) is 0 Å². The summed E-state index contributed by atoms with van der Waals surface area (Å²) in [4.78, 5) is 24.8. The summed E-state index contributed by atoms with van der Waals surface area (Å²) in [6, 6.07) is 7.60. The predicted molar refractivity (Wildman–Crippen MR) is 86.4 cm³/mol. The van der Waals surface area contributed by atoms with Crippen molar-refractivity contribution < 1.29 is 14.3 Å². The fraction of sp³-hybridized carbons (Fsp3) is 0.529. The number of ether oxygens (including phenoxy) is 1. The van der Waals surface area contributed by atoms with Crippen LogP contribution < -0.4 is 10.2 Å². The minimum atomic E-state index is -0.471. The molecule has 5 heteroatoms. The van der Waals surface area contributed by atoms with Crippen molar-refractivity contribution in [2.45, 2.75) is 32.8 Å². The molecule has 5 nitrogen and oxygen atoms in total. The van der Waals surface area contributed by atoms with Gasteiger partial charge in [-0.2, -0.15) is 0 Å². The Morgan fingerprint density at radius 2 is 2.23 bits per heavy atom. The van der Waals surface area contributed by atoms with E-state index in [4.69, 9.17) is 4.74 Å². The van der Waals surface area contributed by atoms with Gasteiger partial charge >= 0.3 is 6.09 Å². The topological polar surface area (TPSA) is 58.6 Å². The van der Waals surface area contributed by atoms with Crippen LogP contribution in [0.5, 0.6) is 0 Å². The van der Waals surface area contributed by atoms with E-state index in [1.807, 2.05) is 39.0 Å². The number of hydrogen-bond acceptors (Lipinski definition) is 4. The number of benzene rings is 1. The van der Waals surface area contributed by atoms with Crippen molar-refractivity contribution in [2.24, 2.45) is 5.92 Å². The molecule has 22 heavy (non-hydrogen) atoms. The second-order valence-electron chi connectivity index (χ2n) is 6.70. The first kappa shape index (κ1) is 16.3. The van der Waals surface area contributed by atoms with Gasteiger partial charge in [-0.25, -0.2) is 4.79 Å². The molecule has 0 radical (unpaired) electrons.